The molecule has 44 heavy (non-hydrogen) atoms. The molecule has 0 saturated heterocycles. The molecule has 0 amide bonds. The first-order chi connectivity index (χ1) is 19.9. The van der Waals surface area contributed by atoms with Crippen LogP contribution in [0.3, 0.4) is 0 Å². The summed E-state index contributed by atoms with van der Waals surface area (Å²) in [5.74, 6) is 0. The van der Waals surface area contributed by atoms with Gasteiger partial charge in [0.05, 0.1) is 0 Å². The van der Waals surface area contributed by atoms with Gasteiger partial charge in [-0.15, -0.1) is 24.8 Å². The van der Waals surface area contributed by atoms with E-state index < -0.39 is 21.3 Å². The summed E-state index contributed by atoms with van der Waals surface area (Å²) in [4.78, 5) is 0. The summed E-state index contributed by atoms with van der Waals surface area (Å²) in [7, 11) is 0. The zero-order valence-corrected chi connectivity index (χ0v) is 31.5. The van der Waals surface area contributed by atoms with Crippen LogP contribution in [0.15, 0.2) is 106 Å². The van der Waals surface area contributed by atoms with Crippen LogP contribution in [0, 0.1) is 13.8 Å². The number of fused-ring (bicyclic) bond motifs is 3. The van der Waals surface area contributed by atoms with Crippen molar-refractivity contribution in [2.24, 2.45) is 0 Å². The standard InChI is InChI=1S/C23H29.C13H10.C5H5.2ClH.Zr/c1-14-9-16-11-17-10-15(2)21(23(6,7)8)13-19(17)18(16)12-20(14)22(3,4)5;1-3-7-12(8-4-1)11-13-9-5-2-6-10-13;1-2-4-5-3-1;;;/h9-13H,1-8H3;1-10H;1-3H,4H2;2*1H;. The van der Waals surface area contributed by atoms with E-state index in [1.54, 1.807) is 17.6 Å². The van der Waals surface area contributed by atoms with Gasteiger partial charge in [-0.05, 0) is 0 Å². The van der Waals surface area contributed by atoms with E-state index >= 15 is 0 Å². The third kappa shape index (κ3) is 6.36. The van der Waals surface area contributed by atoms with Crippen molar-refractivity contribution in [1.82, 2.24) is 0 Å². The molecular formula is C41H46Cl2Zr. The molecule has 0 bridgehead atoms. The Morgan fingerprint density at radius 2 is 1.07 bits per heavy atom. The minimum atomic E-state index is -2.67. The number of benzene rings is 4. The maximum Gasteiger partial charge on any atom is -0.147 e. The third-order valence-electron chi connectivity index (χ3n) is 9.12. The van der Waals surface area contributed by atoms with Crippen LogP contribution in [0.5, 0.6) is 0 Å². The number of aryl methyl sites for hydroxylation is 2. The average molecular weight is 701 g/mol. The van der Waals surface area contributed by atoms with Gasteiger partial charge in [-0.1, -0.05) is 0 Å². The first kappa shape index (κ1) is 34.6. The molecule has 0 aliphatic heterocycles. The zero-order chi connectivity index (χ0) is 29.8. The third-order valence-corrected chi connectivity index (χ3v) is 17.4. The van der Waals surface area contributed by atoms with Crippen LogP contribution in [-0.4, -0.2) is 3.21 Å². The summed E-state index contributed by atoms with van der Waals surface area (Å²) >= 11 is -2.67. The molecule has 2 aliphatic rings. The van der Waals surface area contributed by atoms with Gasteiger partial charge >= 0.3 is 263 Å². The monoisotopic (exact) mass is 698 g/mol. The van der Waals surface area contributed by atoms with Gasteiger partial charge in [-0.25, -0.2) is 0 Å². The maximum atomic E-state index is 2.59. The number of hydrogen-bond acceptors (Lipinski definition) is 0. The van der Waals surface area contributed by atoms with E-state index in [1.807, 2.05) is 0 Å². The van der Waals surface area contributed by atoms with Crippen molar-refractivity contribution >= 4 is 28.0 Å². The molecule has 0 radical (unpaired) electrons. The van der Waals surface area contributed by atoms with Gasteiger partial charge in [-0.3, -0.25) is 0 Å². The zero-order valence-electron chi connectivity index (χ0n) is 27.4. The average Bonchev–Trinajstić information content (AvgIpc) is 3.57. The molecule has 0 spiro atoms. The maximum absolute atomic E-state index is 2.67. The predicted molar refractivity (Wildman–Crippen MR) is 193 cm³/mol. The Hall–Kier alpha value is -2.31. The van der Waals surface area contributed by atoms with Crippen molar-refractivity contribution in [2.45, 2.75) is 76.3 Å². The van der Waals surface area contributed by atoms with E-state index in [1.165, 1.54) is 44.5 Å². The summed E-state index contributed by atoms with van der Waals surface area (Å²) in [5.41, 5.74) is 14.8. The van der Waals surface area contributed by atoms with Crippen molar-refractivity contribution in [2.75, 3.05) is 0 Å². The van der Waals surface area contributed by atoms with Gasteiger partial charge in [0.2, 0.25) is 0 Å². The predicted octanol–water partition coefficient (Wildman–Crippen LogP) is 11.5. The number of rotatable bonds is 4. The second-order valence-corrected chi connectivity index (χ2v) is 20.5. The van der Waals surface area contributed by atoms with Crippen LogP contribution in [-0.2, 0) is 32.1 Å². The second-order valence-electron chi connectivity index (χ2n) is 14.3. The summed E-state index contributed by atoms with van der Waals surface area (Å²) in [6, 6.07) is 32.9. The topological polar surface area (TPSA) is 0 Å². The van der Waals surface area contributed by atoms with Crippen molar-refractivity contribution < 1.29 is 21.3 Å². The van der Waals surface area contributed by atoms with Crippen LogP contribution in [0.1, 0.15) is 96.1 Å². The number of hydrogen-bond donors (Lipinski definition) is 0. The molecule has 0 heterocycles. The molecule has 0 saturated carbocycles. The minimum absolute atomic E-state index is 0. The van der Waals surface area contributed by atoms with Crippen LogP contribution in [0.4, 0.5) is 0 Å². The minimum Gasteiger partial charge on any atom is -0.147 e. The van der Waals surface area contributed by atoms with Crippen LogP contribution in [0.2, 0.25) is 0 Å². The van der Waals surface area contributed by atoms with Gasteiger partial charge in [0, 0.05) is 0 Å². The van der Waals surface area contributed by atoms with Crippen molar-refractivity contribution in [1.29, 1.82) is 0 Å². The molecule has 2 aliphatic carbocycles. The fraction of sp³-hybridized carbons (Fsp3) is 0.293. The Morgan fingerprint density at radius 1 is 0.636 bits per heavy atom. The van der Waals surface area contributed by atoms with Gasteiger partial charge in [-0.2, -0.15) is 0 Å². The summed E-state index contributed by atoms with van der Waals surface area (Å²) in [6.45, 7) is 18.8. The van der Waals surface area contributed by atoms with Crippen molar-refractivity contribution in [3.63, 3.8) is 0 Å². The first-order valence-electron chi connectivity index (χ1n) is 15.5. The van der Waals surface area contributed by atoms with E-state index in [9.17, 15) is 0 Å². The number of allylic oxidation sites excluding steroid dienone is 4. The van der Waals surface area contributed by atoms with E-state index in [0.29, 0.717) is 3.63 Å². The van der Waals surface area contributed by atoms with Crippen molar-refractivity contribution in [3.05, 3.63) is 151 Å². The largest absolute Gasteiger partial charge is 0.147 e. The van der Waals surface area contributed by atoms with Gasteiger partial charge in [0.15, 0.2) is 0 Å². The van der Waals surface area contributed by atoms with E-state index in [2.05, 4.69) is 159 Å². The molecule has 0 unspecified atom stereocenters. The van der Waals surface area contributed by atoms with Gasteiger partial charge < -0.3 is 0 Å². The van der Waals surface area contributed by atoms with Crippen LogP contribution >= 0.6 is 24.8 Å². The summed E-state index contributed by atoms with van der Waals surface area (Å²) < 4.78 is 3.74. The molecule has 6 rings (SSSR count). The Kier molecular flexibility index (Phi) is 10.4. The fourth-order valence-electron chi connectivity index (χ4n) is 7.32. The molecule has 0 atom stereocenters. The first-order valence-corrected chi connectivity index (χ1v) is 19.3. The Labute approximate surface area is 285 Å². The van der Waals surface area contributed by atoms with Crippen molar-refractivity contribution in [3.8, 4) is 11.1 Å². The Balaban J connectivity index is 0.00000221. The molecule has 0 N–H and O–H groups in total. The molecule has 3 heteroatoms. The molecule has 228 valence electrons. The molecule has 0 fully saturated rings. The van der Waals surface area contributed by atoms with Crippen LogP contribution in [0.25, 0.3) is 11.1 Å². The van der Waals surface area contributed by atoms with Gasteiger partial charge in [0.1, 0.15) is 0 Å². The summed E-state index contributed by atoms with van der Waals surface area (Å²) in [6.07, 6.45) is 8.24. The molecule has 0 aromatic heterocycles. The van der Waals surface area contributed by atoms with Gasteiger partial charge in [0.25, 0.3) is 0 Å². The molecule has 4 aromatic rings. The van der Waals surface area contributed by atoms with Crippen LogP contribution < -0.4 is 0 Å². The normalized spacial score (nSPS) is 13.9. The smallest absolute Gasteiger partial charge is 0.147 e. The Bertz CT molecular complexity index is 1650. The molecule has 0 nitrogen and oxygen atoms in total. The second kappa shape index (κ2) is 13.2. The quantitative estimate of drug-likeness (QED) is 0.199. The molecular weight excluding hydrogens is 655 g/mol. The summed E-state index contributed by atoms with van der Waals surface area (Å²) in [5, 5.41) is 0. The number of halogens is 2. The van der Waals surface area contributed by atoms with E-state index in [0.717, 1.165) is 6.42 Å². The Morgan fingerprint density at radius 3 is 1.43 bits per heavy atom. The van der Waals surface area contributed by atoms with E-state index in [-0.39, 0.29) is 35.6 Å². The molecule has 4 aromatic carbocycles. The SMILES string of the molecule is Cc1cc2c(cc1C(C)(C)C)-c1cc(C(C)(C)C)c(C)cc1[CH]2[Zr]([C]1=CC=CC1)=[C](c1ccccc1)c1ccccc1.Cl.Cl. The van der Waals surface area contributed by atoms with E-state index in [4.69, 9.17) is 0 Å². The fourth-order valence-corrected chi connectivity index (χ4v) is 16.3.